The van der Waals surface area contributed by atoms with E-state index >= 15 is 0 Å². The Morgan fingerprint density at radius 2 is 1.30 bits per heavy atom. The number of aliphatic hydroxyl groups excluding tert-OH is 1. The van der Waals surface area contributed by atoms with Gasteiger partial charge in [0.2, 0.25) is 17.7 Å². The summed E-state index contributed by atoms with van der Waals surface area (Å²) >= 11 is 14.5. The van der Waals surface area contributed by atoms with Crippen LogP contribution in [0.2, 0.25) is 10.0 Å². The largest absolute Gasteiger partial charge is 0.481 e. The third-order valence-electron chi connectivity index (χ3n) is 11.5. The zero-order chi connectivity index (χ0) is 34.3. The van der Waals surface area contributed by atoms with E-state index in [0.29, 0.717) is 41.3 Å². The lowest BCUT2D eigenvalue weighted by molar-refractivity contribution is -0.121. The fourth-order valence-electron chi connectivity index (χ4n) is 9.11. The second kappa shape index (κ2) is 12.2. The molecule has 0 unspecified atom stereocenters. The van der Waals surface area contributed by atoms with Gasteiger partial charge in [-0.2, -0.15) is 0 Å². The number of fused-ring (bicyclic) bond motifs is 2. The molecule has 5 heterocycles. The quantitative estimate of drug-likeness (QED) is 0.231. The Morgan fingerprint density at radius 1 is 0.800 bits per heavy atom. The van der Waals surface area contributed by atoms with Gasteiger partial charge in [-0.1, -0.05) is 59.6 Å². The molecule has 2 aromatic carbocycles. The minimum absolute atomic E-state index is 0.0673. The van der Waals surface area contributed by atoms with Crippen molar-refractivity contribution in [3.05, 3.63) is 80.8 Å². The third-order valence-corrected chi connectivity index (χ3v) is 12.3. The molecule has 3 aliphatic heterocycles. The number of aryl methyl sites for hydroxylation is 2. The van der Waals surface area contributed by atoms with Crippen LogP contribution < -0.4 is 14.8 Å². The van der Waals surface area contributed by atoms with E-state index in [-0.39, 0.29) is 29.5 Å². The van der Waals surface area contributed by atoms with Gasteiger partial charge in [0.05, 0.1) is 41.8 Å². The van der Waals surface area contributed by atoms with Gasteiger partial charge < -0.3 is 19.9 Å². The third kappa shape index (κ3) is 5.12. The molecule has 2 N–H and O–H groups in total. The van der Waals surface area contributed by atoms with Gasteiger partial charge in [0.1, 0.15) is 0 Å². The highest BCUT2D eigenvalue weighted by Gasteiger charge is 2.51. The molecule has 3 saturated heterocycles. The Hall–Kier alpha value is -3.73. The maximum absolute atomic E-state index is 11.9. The first-order chi connectivity index (χ1) is 24.3. The first-order valence-corrected chi connectivity index (χ1v) is 18.2. The Bertz CT molecular complexity index is 2040. The van der Waals surface area contributed by atoms with Gasteiger partial charge >= 0.3 is 0 Å². The number of aliphatic hydroxyl groups is 1. The van der Waals surface area contributed by atoms with Gasteiger partial charge in [0.15, 0.2) is 0 Å². The lowest BCUT2D eigenvalue weighted by atomic mass is 9.77. The maximum atomic E-state index is 11.9. The fraction of sp³-hybridized carbons (Fsp3) is 0.410. The van der Waals surface area contributed by atoms with Gasteiger partial charge in [-0.25, -0.2) is 9.97 Å². The number of nitrogens with zero attached hydrogens (tertiary/aromatic N) is 4. The first kappa shape index (κ1) is 32.2. The van der Waals surface area contributed by atoms with Crippen LogP contribution in [0.5, 0.6) is 11.8 Å². The number of rotatable bonds is 7. The number of benzene rings is 2. The van der Waals surface area contributed by atoms with E-state index in [9.17, 15) is 9.90 Å². The van der Waals surface area contributed by atoms with Crippen LogP contribution in [0.3, 0.4) is 0 Å². The normalized spacial score (nSPS) is 22.6. The molecule has 258 valence electrons. The highest BCUT2D eigenvalue weighted by molar-refractivity contribution is 6.39. The summed E-state index contributed by atoms with van der Waals surface area (Å²) in [6.45, 7) is 3.94. The number of amides is 1. The van der Waals surface area contributed by atoms with Gasteiger partial charge in [-0.3, -0.25) is 14.6 Å². The number of ether oxygens (including phenoxy) is 2. The molecule has 0 radical (unpaired) electrons. The molecular weight excluding hydrogens is 673 g/mol. The number of hydrogen-bond donors (Lipinski definition) is 2. The number of β-amino-alcohol motifs (C(OH)–C–C–N with tert-alkyl or cyclic N) is 1. The lowest BCUT2D eigenvalue weighted by Gasteiger charge is -2.50. The zero-order valence-electron chi connectivity index (χ0n) is 28.1. The van der Waals surface area contributed by atoms with Crippen LogP contribution in [0, 0.1) is 5.41 Å². The van der Waals surface area contributed by atoms with Crippen molar-refractivity contribution in [1.29, 1.82) is 0 Å². The average Bonchev–Trinajstić information content (AvgIpc) is 3.82. The molecule has 0 bridgehead atoms. The van der Waals surface area contributed by atoms with Gasteiger partial charge in [0, 0.05) is 90.0 Å². The molecule has 3 fully saturated rings. The topological polar surface area (TPSA) is 100 Å². The molecule has 2 aromatic heterocycles. The van der Waals surface area contributed by atoms with E-state index in [4.69, 9.17) is 42.6 Å². The summed E-state index contributed by atoms with van der Waals surface area (Å²) in [5, 5.41) is 14.0. The molecule has 9 nitrogen and oxygen atoms in total. The number of carbonyl (C=O) groups is 1. The maximum Gasteiger partial charge on any atom is 0.220 e. The van der Waals surface area contributed by atoms with Crippen molar-refractivity contribution in [2.24, 2.45) is 5.41 Å². The Balaban J connectivity index is 1.03. The molecule has 1 spiro atoms. The van der Waals surface area contributed by atoms with Crippen LogP contribution in [-0.4, -0.2) is 83.8 Å². The molecule has 2 aliphatic carbocycles. The van der Waals surface area contributed by atoms with E-state index in [2.05, 4.69) is 27.2 Å². The molecule has 9 rings (SSSR count). The smallest absolute Gasteiger partial charge is 0.220 e. The Kier molecular flexibility index (Phi) is 7.86. The Morgan fingerprint density at radius 3 is 1.76 bits per heavy atom. The van der Waals surface area contributed by atoms with Gasteiger partial charge in [-0.05, 0) is 48.9 Å². The van der Waals surface area contributed by atoms with Crippen LogP contribution >= 0.6 is 23.2 Å². The number of aromatic nitrogens is 2. The Labute approximate surface area is 301 Å². The molecule has 5 aliphatic rings. The van der Waals surface area contributed by atoms with E-state index in [1.165, 1.54) is 11.1 Å². The monoisotopic (exact) mass is 711 g/mol. The molecule has 0 saturated carbocycles. The zero-order valence-corrected chi connectivity index (χ0v) is 29.7. The predicted molar refractivity (Wildman–Crippen MR) is 193 cm³/mol. The first-order valence-electron chi connectivity index (χ1n) is 17.4. The van der Waals surface area contributed by atoms with Crippen molar-refractivity contribution in [3.63, 3.8) is 0 Å². The molecule has 2 atom stereocenters. The van der Waals surface area contributed by atoms with Crippen LogP contribution in [0.4, 0.5) is 0 Å². The second-order valence-corrected chi connectivity index (χ2v) is 15.3. The van der Waals surface area contributed by atoms with E-state index in [1.807, 2.05) is 36.4 Å². The minimum atomic E-state index is -0.260. The predicted octanol–water partition coefficient (Wildman–Crippen LogP) is 6.27. The molecule has 4 aromatic rings. The van der Waals surface area contributed by atoms with Crippen LogP contribution in [0.25, 0.3) is 33.6 Å². The van der Waals surface area contributed by atoms with Crippen molar-refractivity contribution >= 4 is 29.1 Å². The van der Waals surface area contributed by atoms with Crippen molar-refractivity contribution in [3.8, 4) is 45.4 Å². The fourth-order valence-corrected chi connectivity index (χ4v) is 9.76. The summed E-state index contributed by atoms with van der Waals surface area (Å²) < 4.78 is 11.8. The summed E-state index contributed by atoms with van der Waals surface area (Å²) in [5.41, 5.74) is 9.53. The molecular formula is C39H39Cl2N5O4. The van der Waals surface area contributed by atoms with Crippen LogP contribution in [0.15, 0.2) is 48.5 Å². The lowest BCUT2D eigenvalue weighted by Crippen LogP contribution is -2.58. The summed E-state index contributed by atoms with van der Waals surface area (Å²) in [6.07, 6.45) is 4.16. The van der Waals surface area contributed by atoms with E-state index in [1.54, 1.807) is 14.2 Å². The number of methoxy groups -OCH3 is 2. The summed E-state index contributed by atoms with van der Waals surface area (Å²) in [7, 11) is 3.34. The summed E-state index contributed by atoms with van der Waals surface area (Å²) in [6, 6.07) is 16.7. The van der Waals surface area contributed by atoms with E-state index in [0.717, 1.165) is 90.1 Å². The van der Waals surface area contributed by atoms with Gasteiger partial charge in [0.25, 0.3) is 0 Å². The van der Waals surface area contributed by atoms with Crippen molar-refractivity contribution in [2.45, 2.75) is 50.3 Å². The number of nitrogens with one attached hydrogen (secondary N) is 1. The molecule has 11 heteroatoms. The average molecular weight is 713 g/mol. The molecule has 1 amide bonds. The van der Waals surface area contributed by atoms with Crippen molar-refractivity contribution in [1.82, 2.24) is 25.1 Å². The van der Waals surface area contributed by atoms with Crippen molar-refractivity contribution < 1.29 is 19.4 Å². The summed E-state index contributed by atoms with van der Waals surface area (Å²) in [4.78, 5) is 26.7. The number of pyridine rings is 2. The highest BCUT2D eigenvalue weighted by atomic mass is 35.5. The molecule has 50 heavy (non-hydrogen) atoms. The SMILES string of the molecule is COc1nc(-c2cccc(-c3cccc(-c4cc5c(c(OC)n4)[C@@H](N4CC6(CNC(=O)C6)C4)CC5)c3Cl)c2Cl)cc2c1[C@@H](N1CC(O)C1)CC2. The van der Waals surface area contributed by atoms with E-state index < -0.39 is 0 Å². The van der Waals surface area contributed by atoms with Crippen LogP contribution in [-0.2, 0) is 17.6 Å². The van der Waals surface area contributed by atoms with Crippen LogP contribution in [0.1, 0.15) is 53.6 Å². The number of hydrogen-bond acceptors (Lipinski definition) is 8. The standard InChI is InChI=1S/C39H39Cl2N5O4/c1-49-37-33-21(9-11-30(33)45-16-23(47)17-45)13-28(43-37)26-7-3-5-24(35(26)40)25-6-4-8-27(36(25)41)29-14-22-10-12-31(34(22)38(44-29)50-2)46-19-39(20-46)15-32(48)42-18-39/h3-8,13-14,23,30-31,47H,9-12,15-20H2,1-2H3,(H,42,48)/t30-,31-/m0/s1. The summed E-state index contributed by atoms with van der Waals surface area (Å²) in [5.74, 6) is 1.40. The second-order valence-electron chi connectivity index (χ2n) is 14.6. The number of halogens is 2. The number of carbonyl (C=O) groups excluding carboxylic acids is 1. The number of likely N-dealkylation sites (tertiary alicyclic amines) is 2. The van der Waals surface area contributed by atoms with Gasteiger partial charge in [-0.15, -0.1) is 0 Å². The minimum Gasteiger partial charge on any atom is -0.481 e. The highest BCUT2D eigenvalue weighted by Crippen LogP contribution is 2.50. The van der Waals surface area contributed by atoms with Crippen molar-refractivity contribution in [2.75, 3.05) is 46.9 Å².